The van der Waals surface area contributed by atoms with Crippen LogP contribution < -0.4 is 32.0 Å². The zero-order valence-electron chi connectivity index (χ0n) is 18.1. The van der Waals surface area contributed by atoms with Gasteiger partial charge < -0.3 is 26.2 Å². The van der Waals surface area contributed by atoms with Crippen molar-refractivity contribution in [3.63, 3.8) is 0 Å². The molecule has 2 amide bonds. The number of carbonyl (C=O) groups is 2. The van der Waals surface area contributed by atoms with Crippen LogP contribution in [-0.4, -0.2) is 97.6 Å². The van der Waals surface area contributed by atoms with Crippen LogP contribution in [0.5, 0.6) is 0 Å². The molecule has 11 nitrogen and oxygen atoms in total. The van der Waals surface area contributed by atoms with Gasteiger partial charge in [-0.15, -0.1) is 0 Å². The summed E-state index contributed by atoms with van der Waals surface area (Å²) in [6.45, 7) is 3.50. The highest BCUT2D eigenvalue weighted by atomic mass is 19.1. The van der Waals surface area contributed by atoms with E-state index in [1.54, 1.807) is 5.01 Å². The maximum absolute atomic E-state index is 14.9. The van der Waals surface area contributed by atoms with E-state index in [2.05, 4.69) is 26.4 Å². The molecule has 5 heterocycles. The molecule has 0 radical (unpaired) electrons. The molecular formula is C20H29F2N9O2. The van der Waals surface area contributed by atoms with Gasteiger partial charge in [-0.1, -0.05) is 0 Å². The topological polar surface area (TPSA) is 131 Å². The second kappa shape index (κ2) is 9.06. The second-order valence-electron chi connectivity index (χ2n) is 8.96. The van der Waals surface area contributed by atoms with Crippen molar-refractivity contribution in [1.29, 1.82) is 0 Å². The number of fused-ring (bicyclic) bond motifs is 1. The van der Waals surface area contributed by atoms with Gasteiger partial charge in [0.1, 0.15) is 11.9 Å². The van der Waals surface area contributed by atoms with Gasteiger partial charge in [0.15, 0.2) is 5.82 Å². The number of pyridine rings is 1. The third-order valence-corrected chi connectivity index (χ3v) is 6.79. The molecule has 4 atom stereocenters. The van der Waals surface area contributed by atoms with E-state index in [-0.39, 0.29) is 36.3 Å². The Balaban J connectivity index is 1.28. The van der Waals surface area contributed by atoms with E-state index in [0.29, 0.717) is 39.3 Å². The summed E-state index contributed by atoms with van der Waals surface area (Å²) in [4.78, 5) is 33.2. The van der Waals surface area contributed by atoms with Crippen molar-refractivity contribution in [2.45, 2.75) is 18.5 Å². The molecule has 4 aliphatic rings. The molecule has 4 aliphatic heterocycles. The molecule has 180 valence electrons. The molecule has 0 aromatic carbocycles. The van der Waals surface area contributed by atoms with Crippen molar-refractivity contribution in [3.05, 3.63) is 18.2 Å². The largest absolute Gasteiger partial charge is 0.364 e. The van der Waals surface area contributed by atoms with Crippen LogP contribution >= 0.6 is 0 Å². The molecule has 0 bridgehead atoms. The van der Waals surface area contributed by atoms with Crippen molar-refractivity contribution < 1.29 is 18.4 Å². The molecule has 0 aliphatic carbocycles. The Labute approximate surface area is 190 Å². The van der Waals surface area contributed by atoms with Gasteiger partial charge >= 0.3 is 0 Å². The maximum Gasteiger partial charge on any atom is 0.233 e. The van der Waals surface area contributed by atoms with Crippen LogP contribution in [0.25, 0.3) is 0 Å². The van der Waals surface area contributed by atoms with Crippen molar-refractivity contribution in [3.8, 4) is 0 Å². The van der Waals surface area contributed by atoms with E-state index < -0.39 is 36.1 Å². The number of nitrogens with zero attached hydrogens (tertiary/aromatic N) is 4. The third kappa shape index (κ3) is 4.26. The Morgan fingerprint density at radius 2 is 1.91 bits per heavy atom. The van der Waals surface area contributed by atoms with Crippen LogP contribution in [0.15, 0.2) is 12.4 Å². The van der Waals surface area contributed by atoms with Gasteiger partial charge in [-0.3, -0.25) is 19.9 Å². The summed E-state index contributed by atoms with van der Waals surface area (Å²) in [7, 11) is 0. The quantitative estimate of drug-likeness (QED) is 0.343. The average molecular weight is 466 g/mol. The molecule has 6 N–H and O–H groups in total. The fourth-order valence-electron chi connectivity index (χ4n) is 4.91. The number of anilines is 2. The Morgan fingerprint density at radius 3 is 2.61 bits per heavy atom. The van der Waals surface area contributed by atoms with Crippen LogP contribution in [-0.2, 0) is 9.59 Å². The summed E-state index contributed by atoms with van der Waals surface area (Å²) in [5.41, 5.74) is 9.53. The van der Waals surface area contributed by atoms with Gasteiger partial charge in [-0.05, 0) is 0 Å². The van der Waals surface area contributed by atoms with Gasteiger partial charge in [0, 0.05) is 52.4 Å². The molecule has 1 aromatic heterocycles. The van der Waals surface area contributed by atoms with E-state index in [4.69, 9.17) is 5.73 Å². The maximum atomic E-state index is 14.9. The smallest absolute Gasteiger partial charge is 0.233 e. The minimum atomic E-state index is -1.06. The number of nitrogens with one attached hydrogen (secondary N) is 4. The number of aromatic nitrogens is 1. The molecule has 33 heavy (non-hydrogen) atoms. The predicted molar refractivity (Wildman–Crippen MR) is 116 cm³/mol. The van der Waals surface area contributed by atoms with Crippen LogP contribution in [0.2, 0.25) is 0 Å². The lowest BCUT2D eigenvalue weighted by Crippen LogP contribution is -2.58. The van der Waals surface area contributed by atoms with E-state index in [0.717, 1.165) is 6.20 Å². The standard InChI is InChI=1S/C20H29F2N9O2/c21-12-7-26-18-15(17(23)28-31(18)10-12)19(32)27-14-9-25-8-13(22)16(14)29-1-3-30(4-2-29)20(33)11-5-24-6-11/h8-9,11-12,15,17-18,24,26,28H,1-7,10,23H2,(H,27,32). The van der Waals surface area contributed by atoms with E-state index >= 15 is 0 Å². The van der Waals surface area contributed by atoms with Crippen LogP contribution in [0.4, 0.5) is 20.2 Å². The Kier molecular flexibility index (Phi) is 6.14. The second-order valence-corrected chi connectivity index (χ2v) is 8.96. The number of amides is 2. The van der Waals surface area contributed by atoms with Crippen LogP contribution in [0.1, 0.15) is 0 Å². The normalized spacial score (nSPS) is 30.6. The first-order valence-corrected chi connectivity index (χ1v) is 11.3. The molecule has 4 fully saturated rings. The Bertz CT molecular complexity index is 910. The van der Waals surface area contributed by atoms with Gasteiger partial charge in [0.25, 0.3) is 0 Å². The fraction of sp³-hybridized carbons (Fsp3) is 0.650. The zero-order valence-corrected chi connectivity index (χ0v) is 18.1. The van der Waals surface area contributed by atoms with Gasteiger partial charge in [0.2, 0.25) is 11.8 Å². The van der Waals surface area contributed by atoms with Gasteiger partial charge in [-0.2, -0.15) is 0 Å². The monoisotopic (exact) mass is 465 g/mol. The predicted octanol–water partition coefficient (Wildman–Crippen LogP) is -1.98. The SMILES string of the molecule is NC1NN2CC(F)CNC2C1C(=O)Nc1cncc(F)c1N1CCN(C(=O)C2CNC2)CC1. The molecule has 4 unspecified atom stereocenters. The van der Waals surface area contributed by atoms with Crippen molar-refractivity contribution in [2.75, 3.05) is 62.6 Å². The molecule has 0 saturated carbocycles. The van der Waals surface area contributed by atoms with E-state index in [9.17, 15) is 18.4 Å². The third-order valence-electron chi connectivity index (χ3n) is 6.79. The first kappa shape index (κ1) is 22.3. The number of carbonyl (C=O) groups excluding carboxylic acids is 2. The minimum Gasteiger partial charge on any atom is -0.364 e. The van der Waals surface area contributed by atoms with Crippen molar-refractivity contribution >= 4 is 23.2 Å². The van der Waals surface area contributed by atoms with Gasteiger partial charge in [0.05, 0.1) is 42.2 Å². The fourth-order valence-corrected chi connectivity index (χ4v) is 4.91. The lowest BCUT2D eigenvalue weighted by atomic mass is 10.0. The Hall–Kier alpha value is -2.45. The summed E-state index contributed by atoms with van der Waals surface area (Å²) >= 11 is 0. The first-order valence-electron chi connectivity index (χ1n) is 11.3. The van der Waals surface area contributed by atoms with Gasteiger partial charge in [-0.25, -0.2) is 19.2 Å². The van der Waals surface area contributed by atoms with Crippen LogP contribution in [0, 0.1) is 17.7 Å². The van der Waals surface area contributed by atoms with Crippen molar-refractivity contribution in [2.24, 2.45) is 17.6 Å². The molecule has 5 rings (SSSR count). The highest BCUT2D eigenvalue weighted by Crippen LogP contribution is 2.31. The minimum absolute atomic E-state index is 0.0222. The number of rotatable bonds is 4. The number of piperazine rings is 1. The molecule has 0 spiro atoms. The number of hydrogen-bond donors (Lipinski definition) is 5. The van der Waals surface area contributed by atoms with E-state index in [1.807, 2.05) is 9.80 Å². The number of hydrazine groups is 1. The summed E-state index contributed by atoms with van der Waals surface area (Å²) in [6.07, 6.45) is 0.275. The number of nitrogens with two attached hydrogens (primary N) is 1. The average Bonchev–Trinajstić information content (AvgIpc) is 3.07. The highest BCUT2D eigenvalue weighted by Gasteiger charge is 2.47. The number of hydrogen-bond acceptors (Lipinski definition) is 9. The zero-order chi connectivity index (χ0) is 23.1. The summed E-state index contributed by atoms with van der Waals surface area (Å²) in [6, 6.07) is 0. The first-order chi connectivity index (χ1) is 15.9. The molecule has 13 heteroatoms. The number of halogens is 2. The van der Waals surface area contributed by atoms with Crippen LogP contribution in [0.3, 0.4) is 0 Å². The molecule has 4 saturated heterocycles. The molecular weight excluding hydrogens is 436 g/mol. The summed E-state index contributed by atoms with van der Waals surface area (Å²) in [5, 5.41) is 10.5. The van der Waals surface area contributed by atoms with Crippen molar-refractivity contribution in [1.82, 2.24) is 31.0 Å². The lowest BCUT2D eigenvalue weighted by Gasteiger charge is -2.39. The molecule has 1 aromatic rings. The highest BCUT2D eigenvalue weighted by molar-refractivity contribution is 5.96. The van der Waals surface area contributed by atoms with E-state index in [1.165, 1.54) is 6.20 Å². The Morgan fingerprint density at radius 1 is 1.15 bits per heavy atom. The lowest BCUT2D eigenvalue weighted by molar-refractivity contribution is -0.137. The summed E-state index contributed by atoms with van der Waals surface area (Å²) in [5.74, 6) is -1.53. The number of alkyl halides is 1. The summed E-state index contributed by atoms with van der Waals surface area (Å²) < 4.78 is 28.6.